The van der Waals surface area contributed by atoms with Crippen LogP contribution in [0.15, 0.2) is 0 Å². The number of nitrogens with zero attached hydrogens (tertiary/aromatic N) is 2. The Bertz CT molecular complexity index is 350. The molecule has 1 fully saturated rings. The number of carbonyl (C=O) groups is 2. The summed E-state index contributed by atoms with van der Waals surface area (Å²) in [5.41, 5.74) is 0. The van der Waals surface area contributed by atoms with Gasteiger partial charge in [-0.3, -0.25) is 14.5 Å². The smallest absolute Gasteiger partial charge is 0.320 e. The lowest BCUT2D eigenvalue weighted by molar-refractivity contribution is -0.148. The van der Waals surface area contributed by atoms with Gasteiger partial charge in [-0.1, -0.05) is 0 Å². The molecule has 0 spiro atoms. The summed E-state index contributed by atoms with van der Waals surface area (Å²) in [6.07, 6.45) is 0.102. The van der Waals surface area contributed by atoms with Crippen molar-refractivity contribution in [3.05, 3.63) is 0 Å². The molecule has 6 heteroatoms. The molecule has 0 aliphatic carbocycles. The SMILES string of the molecule is CCOC(=O)CN(CC(=O)N1CC(C)OC(C)C1)C(C)C. The van der Waals surface area contributed by atoms with Crippen molar-refractivity contribution in [2.75, 3.05) is 32.8 Å². The molecule has 2 atom stereocenters. The Kier molecular flexibility index (Phi) is 7.11. The van der Waals surface area contributed by atoms with Gasteiger partial charge in [0.25, 0.3) is 0 Å². The molecule has 1 amide bonds. The van der Waals surface area contributed by atoms with Gasteiger partial charge < -0.3 is 14.4 Å². The number of amides is 1. The Labute approximate surface area is 127 Å². The zero-order valence-electron chi connectivity index (χ0n) is 13.8. The van der Waals surface area contributed by atoms with Gasteiger partial charge in [0.2, 0.25) is 5.91 Å². The van der Waals surface area contributed by atoms with E-state index in [1.165, 1.54) is 0 Å². The first-order valence-electron chi connectivity index (χ1n) is 7.66. The quantitative estimate of drug-likeness (QED) is 0.682. The number of esters is 1. The third kappa shape index (κ3) is 6.01. The molecule has 122 valence electrons. The van der Waals surface area contributed by atoms with E-state index in [1.54, 1.807) is 6.92 Å². The summed E-state index contributed by atoms with van der Waals surface area (Å²) in [7, 11) is 0. The van der Waals surface area contributed by atoms with Crippen molar-refractivity contribution in [1.29, 1.82) is 0 Å². The van der Waals surface area contributed by atoms with Gasteiger partial charge in [0.15, 0.2) is 0 Å². The van der Waals surface area contributed by atoms with Crippen molar-refractivity contribution in [3.63, 3.8) is 0 Å². The number of morpholine rings is 1. The first kappa shape index (κ1) is 17.9. The first-order valence-corrected chi connectivity index (χ1v) is 7.66. The predicted octanol–water partition coefficient (Wildman–Crippen LogP) is 0.896. The van der Waals surface area contributed by atoms with Crippen LogP contribution in [-0.2, 0) is 19.1 Å². The van der Waals surface area contributed by atoms with Crippen LogP contribution in [-0.4, -0.2) is 72.7 Å². The first-order chi connectivity index (χ1) is 9.83. The molecule has 0 bridgehead atoms. The molecule has 1 aliphatic heterocycles. The maximum atomic E-state index is 12.4. The van der Waals surface area contributed by atoms with E-state index in [1.807, 2.05) is 37.5 Å². The lowest BCUT2D eigenvalue weighted by Gasteiger charge is -2.37. The minimum absolute atomic E-state index is 0.0370. The van der Waals surface area contributed by atoms with E-state index in [0.29, 0.717) is 19.7 Å². The number of ether oxygens (including phenoxy) is 2. The average molecular weight is 300 g/mol. The van der Waals surface area contributed by atoms with Crippen molar-refractivity contribution in [2.45, 2.75) is 52.9 Å². The Morgan fingerprint density at radius 2 is 1.81 bits per heavy atom. The molecule has 1 saturated heterocycles. The monoisotopic (exact) mass is 300 g/mol. The van der Waals surface area contributed by atoms with E-state index in [9.17, 15) is 9.59 Å². The van der Waals surface area contributed by atoms with Crippen LogP contribution in [0.5, 0.6) is 0 Å². The molecule has 1 aliphatic rings. The fraction of sp³-hybridized carbons (Fsp3) is 0.867. The van der Waals surface area contributed by atoms with Gasteiger partial charge in [0.05, 0.1) is 31.9 Å². The van der Waals surface area contributed by atoms with Gasteiger partial charge in [0.1, 0.15) is 0 Å². The number of hydrogen-bond acceptors (Lipinski definition) is 5. The average Bonchev–Trinajstić information content (AvgIpc) is 2.36. The van der Waals surface area contributed by atoms with Crippen LogP contribution in [0.1, 0.15) is 34.6 Å². The van der Waals surface area contributed by atoms with E-state index in [4.69, 9.17) is 9.47 Å². The van der Waals surface area contributed by atoms with Gasteiger partial charge in [-0.05, 0) is 34.6 Å². The third-order valence-corrected chi connectivity index (χ3v) is 3.48. The maximum Gasteiger partial charge on any atom is 0.320 e. The molecule has 6 nitrogen and oxygen atoms in total. The standard InChI is InChI=1S/C15H28N2O4/c1-6-20-15(19)10-16(11(2)3)9-14(18)17-7-12(4)21-13(5)8-17/h11-13H,6-10H2,1-5H3. The van der Waals surface area contributed by atoms with Gasteiger partial charge in [-0.2, -0.15) is 0 Å². The summed E-state index contributed by atoms with van der Waals surface area (Å²) in [6, 6.07) is 0.106. The summed E-state index contributed by atoms with van der Waals surface area (Å²) >= 11 is 0. The van der Waals surface area contributed by atoms with Crippen LogP contribution < -0.4 is 0 Å². The van der Waals surface area contributed by atoms with E-state index < -0.39 is 0 Å². The molecule has 0 aromatic heterocycles. The number of rotatable bonds is 6. The highest BCUT2D eigenvalue weighted by Gasteiger charge is 2.28. The minimum Gasteiger partial charge on any atom is -0.465 e. The molecule has 0 saturated carbocycles. The summed E-state index contributed by atoms with van der Waals surface area (Å²) in [4.78, 5) is 27.7. The Balaban J connectivity index is 2.57. The van der Waals surface area contributed by atoms with E-state index in [0.717, 1.165) is 0 Å². The second-order valence-electron chi connectivity index (χ2n) is 5.86. The van der Waals surface area contributed by atoms with Crippen molar-refractivity contribution in [2.24, 2.45) is 0 Å². The molecule has 0 N–H and O–H groups in total. The van der Waals surface area contributed by atoms with Gasteiger partial charge >= 0.3 is 5.97 Å². The summed E-state index contributed by atoms with van der Waals surface area (Å²) in [5.74, 6) is -0.252. The lowest BCUT2D eigenvalue weighted by atomic mass is 10.2. The maximum absolute atomic E-state index is 12.4. The third-order valence-electron chi connectivity index (χ3n) is 3.48. The normalized spacial score (nSPS) is 22.7. The zero-order chi connectivity index (χ0) is 16.0. The molecule has 1 heterocycles. The summed E-state index contributed by atoms with van der Waals surface area (Å²) in [5, 5.41) is 0. The van der Waals surface area contributed by atoms with Crippen LogP contribution in [0.4, 0.5) is 0 Å². The molecule has 21 heavy (non-hydrogen) atoms. The second kappa shape index (κ2) is 8.34. The van der Waals surface area contributed by atoms with Crippen LogP contribution in [0.2, 0.25) is 0 Å². The molecule has 2 unspecified atom stereocenters. The van der Waals surface area contributed by atoms with Gasteiger partial charge in [0, 0.05) is 19.1 Å². The summed E-state index contributed by atoms with van der Waals surface area (Å²) < 4.78 is 10.6. The summed E-state index contributed by atoms with van der Waals surface area (Å²) in [6.45, 7) is 11.6. The fourth-order valence-corrected chi connectivity index (χ4v) is 2.45. The predicted molar refractivity (Wildman–Crippen MR) is 79.9 cm³/mol. The van der Waals surface area contributed by atoms with Crippen molar-refractivity contribution in [3.8, 4) is 0 Å². The minimum atomic E-state index is -0.289. The molecular weight excluding hydrogens is 272 g/mol. The van der Waals surface area contributed by atoms with Crippen molar-refractivity contribution >= 4 is 11.9 Å². The number of carbonyl (C=O) groups excluding carboxylic acids is 2. The van der Waals surface area contributed by atoms with Crippen LogP contribution >= 0.6 is 0 Å². The Morgan fingerprint density at radius 3 is 2.29 bits per heavy atom. The molecular formula is C15H28N2O4. The van der Waals surface area contributed by atoms with Gasteiger partial charge in [-0.25, -0.2) is 0 Å². The van der Waals surface area contributed by atoms with E-state index in [-0.39, 0.29) is 43.2 Å². The van der Waals surface area contributed by atoms with Crippen LogP contribution in [0.3, 0.4) is 0 Å². The topological polar surface area (TPSA) is 59.1 Å². The van der Waals surface area contributed by atoms with Crippen LogP contribution in [0.25, 0.3) is 0 Å². The molecule has 1 rings (SSSR count). The molecule has 0 radical (unpaired) electrons. The molecule has 0 aromatic carbocycles. The van der Waals surface area contributed by atoms with Gasteiger partial charge in [-0.15, -0.1) is 0 Å². The van der Waals surface area contributed by atoms with E-state index >= 15 is 0 Å². The lowest BCUT2D eigenvalue weighted by Crippen LogP contribution is -2.52. The largest absolute Gasteiger partial charge is 0.465 e. The number of hydrogen-bond donors (Lipinski definition) is 0. The van der Waals surface area contributed by atoms with Crippen LogP contribution in [0, 0.1) is 0 Å². The Morgan fingerprint density at radius 1 is 1.24 bits per heavy atom. The highest BCUT2D eigenvalue weighted by atomic mass is 16.5. The Hall–Kier alpha value is -1.14. The highest BCUT2D eigenvalue weighted by molar-refractivity contribution is 5.79. The van der Waals surface area contributed by atoms with E-state index in [2.05, 4.69) is 0 Å². The fourth-order valence-electron chi connectivity index (χ4n) is 2.45. The van der Waals surface area contributed by atoms with Crippen molar-refractivity contribution in [1.82, 2.24) is 9.80 Å². The second-order valence-corrected chi connectivity index (χ2v) is 5.86. The molecule has 0 aromatic rings. The van der Waals surface area contributed by atoms with Crippen molar-refractivity contribution < 1.29 is 19.1 Å². The zero-order valence-corrected chi connectivity index (χ0v) is 13.8. The highest BCUT2D eigenvalue weighted by Crippen LogP contribution is 2.11.